The second-order valence-electron chi connectivity index (χ2n) is 8.20. The maximum atomic E-state index is 12.5. The van der Waals surface area contributed by atoms with E-state index < -0.39 is 15.1 Å². The average molecular weight is 479 g/mol. The summed E-state index contributed by atoms with van der Waals surface area (Å²) in [5.74, 6) is 0.648. The monoisotopic (exact) mass is 478 g/mol. The lowest BCUT2D eigenvalue weighted by molar-refractivity contribution is 0.582. The third-order valence-electron chi connectivity index (χ3n) is 5.43. The van der Waals surface area contributed by atoms with Gasteiger partial charge in [-0.1, -0.05) is 18.2 Å². The van der Waals surface area contributed by atoms with Crippen molar-refractivity contribution in [2.24, 2.45) is 0 Å². The van der Waals surface area contributed by atoms with Crippen LogP contribution in [0, 0.1) is 6.92 Å². The molecule has 0 saturated heterocycles. The van der Waals surface area contributed by atoms with E-state index in [4.69, 9.17) is 10.2 Å². The Morgan fingerprint density at radius 1 is 1.06 bits per heavy atom. The number of nitrogen functional groups attached to an aromatic ring is 1. The Balaban J connectivity index is 1.67. The van der Waals surface area contributed by atoms with Crippen molar-refractivity contribution in [2.75, 3.05) is 12.8 Å². The van der Waals surface area contributed by atoms with Crippen LogP contribution in [0.1, 0.15) is 25.0 Å². The lowest BCUT2D eigenvalue weighted by atomic mass is 10.1. The number of hydrogen-bond donors (Lipinski definition) is 2. The summed E-state index contributed by atoms with van der Waals surface area (Å²) in [4.78, 5) is 9.13. The fraction of sp³-hybridized carbons (Fsp3) is 0.250. The summed E-state index contributed by atoms with van der Waals surface area (Å²) in [6.45, 7) is 5.91. The van der Waals surface area contributed by atoms with Gasteiger partial charge in [-0.05, 0) is 63.2 Å². The number of nitrogens with zero attached hydrogens (tertiary/aromatic N) is 4. The highest BCUT2D eigenvalue weighted by Gasteiger charge is 2.21. The molecule has 4 rings (SSSR count). The van der Waals surface area contributed by atoms with E-state index in [1.807, 2.05) is 38.2 Å². The first-order chi connectivity index (χ1) is 16.2. The fourth-order valence-corrected chi connectivity index (χ4v) is 4.61. The van der Waals surface area contributed by atoms with Gasteiger partial charge >= 0.3 is 0 Å². The van der Waals surface area contributed by atoms with Gasteiger partial charge in [-0.15, -0.1) is 10.2 Å². The zero-order valence-electron chi connectivity index (χ0n) is 19.4. The van der Waals surface area contributed by atoms with E-state index in [0.717, 1.165) is 28.8 Å². The molecule has 176 valence electrons. The normalized spacial score (nSPS) is 11.8. The molecule has 10 heteroatoms. The van der Waals surface area contributed by atoms with Gasteiger partial charge < -0.3 is 15.5 Å². The van der Waals surface area contributed by atoms with Gasteiger partial charge in [-0.25, -0.2) is 18.4 Å². The summed E-state index contributed by atoms with van der Waals surface area (Å²) in [7, 11) is -1.49. The fourth-order valence-electron chi connectivity index (χ4n) is 3.46. The summed E-state index contributed by atoms with van der Waals surface area (Å²) in [5.41, 5.74) is 10.2. The molecule has 0 unspecified atom stereocenters. The van der Waals surface area contributed by atoms with E-state index in [1.54, 1.807) is 32.0 Å². The molecule has 4 aromatic rings. The first-order valence-electron chi connectivity index (χ1n) is 10.8. The number of aryl methyl sites for hydroxylation is 1. The van der Waals surface area contributed by atoms with Crippen LogP contribution in [0.3, 0.4) is 0 Å². The first kappa shape index (κ1) is 23.5. The Bertz CT molecular complexity index is 1430. The Kier molecular flexibility index (Phi) is 6.45. The minimum absolute atomic E-state index is 0.151. The first-order valence-corrected chi connectivity index (χ1v) is 12.3. The van der Waals surface area contributed by atoms with Gasteiger partial charge in [0.15, 0.2) is 21.3 Å². The molecule has 0 aliphatic carbocycles. The minimum Gasteiger partial charge on any atom is -0.414 e. The van der Waals surface area contributed by atoms with Gasteiger partial charge in [0.05, 0.1) is 22.0 Å². The Morgan fingerprint density at radius 3 is 2.41 bits per heavy atom. The summed E-state index contributed by atoms with van der Waals surface area (Å²) >= 11 is 0. The van der Waals surface area contributed by atoms with Crippen molar-refractivity contribution in [3.8, 4) is 34.3 Å². The molecule has 0 radical (unpaired) electrons. The smallest absolute Gasteiger partial charge is 0.270 e. The Labute approximate surface area is 198 Å². The number of rotatable bonds is 7. The number of hydrogen-bond acceptors (Lipinski definition) is 9. The lowest BCUT2D eigenvalue weighted by Crippen LogP contribution is -2.14. The van der Waals surface area contributed by atoms with Crippen LogP contribution in [0.15, 0.2) is 58.0 Å². The maximum Gasteiger partial charge on any atom is 0.270 e. The van der Waals surface area contributed by atoms with Crippen LogP contribution in [-0.2, 0) is 16.4 Å². The van der Waals surface area contributed by atoms with Gasteiger partial charge in [-0.2, -0.15) is 0 Å². The SMILES string of the molecule is CNCc1ccc(-c2nnc(-c3nc(-c4ccc(S(=O)(=O)C(C)C)cc4C)cnc3N)o2)cc1. The highest BCUT2D eigenvalue weighted by Crippen LogP contribution is 2.30. The minimum atomic E-state index is -3.38. The molecular weight excluding hydrogens is 452 g/mol. The van der Waals surface area contributed by atoms with Crippen LogP contribution in [0.2, 0.25) is 0 Å². The second kappa shape index (κ2) is 9.32. The third kappa shape index (κ3) is 4.55. The van der Waals surface area contributed by atoms with E-state index in [2.05, 4.69) is 25.5 Å². The number of benzene rings is 2. The van der Waals surface area contributed by atoms with Gasteiger partial charge in [0.2, 0.25) is 5.89 Å². The maximum absolute atomic E-state index is 12.5. The quantitative estimate of drug-likeness (QED) is 0.408. The molecule has 0 spiro atoms. The van der Waals surface area contributed by atoms with Gasteiger partial charge in [0, 0.05) is 17.7 Å². The van der Waals surface area contributed by atoms with Crippen molar-refractivity contribution in [1.29, 1.82) is 0 Å². The average Bonchev–Trinajstić information content (AvgIpc) is 3.30. The van der Waals surface area contributed by atoms with Gasteiger partial charge in [0.1, 0.15) is 0 Å². The highest BCUT2D eigenvalue weighted by molar-refractivity contribution is 7.92. The topological polar surface area (TPSA) is 137 Å². The van der Waals surface area contributed by atoms with Crippen molar-refractivity contribution >= 4 is 15.7 Å². The molecule has 9 nitrogen and oxygen atoms in total. The van der Waals surface area contributed by atoms with Crippen LogP contribution in [0.5, 0.6) is 0 Å². The number of aromatic nitrogens is 4. The van der Waals surface area contributed by atoms with E-state index in [9.17, 15) is 8.42 Å². The summed E-state index contributed by atoms with van der Waals surface area (Å²) in [6, 6.07) is 12.7. The summed E-state index contributed by atoms with van der Waals surface area (Å²) in [6.07, 6.45) is 1.54. The molecule has 0 fully saturated rings. The van der Waals surface area contributed by atoms with Crippen LogP contribution in [0.25, 0.3) is 34.3 Å². The summed E-state index contributed by atoms with van der Waals surface area (Å²) < 4.78 is 30.9. The zero-order valence-corrected chi connectivity index (χ0v) is 20.2. The standard InChI is InChI=1S/C24H26N6O3S/c1-14(2)34(31,32)18-9-10-19(15(3)11-18)20-13-27-22(25)21(28-20)24-30-29-23(33-24)17-7-5-16(6-8-17)12-26-4/h5-11,13-14,26H,12H2,1-4H3,(H2,25,27). The Morgan fingerprint density at radius 2 is 1.76 bits per heavy atom. The third-order valence-corrected chi connectivity index (χ3v) is 7.59. The van der Waals surface area contributed by atoms with E-state index in [1.165, 1.54) is 6.20 Å². The number of sulfone groups is 1. The van der Waals surface area contributed by atoms with E-state index in [-0.39, 0.29) is 22.3 Å². The van der Waals surface area contributed by atoms with Crippen molar-refractivity contribution < 1.29 is 12.8 Å². The summed E-state index contributed by atoms with van der Waals surface area (Å²) in [5, 5.41) is 10.8. The molecule has 2 aromatic carbocycles. The molecule has 0 amide bonds. The van der Waals surface area contributed by atoms with Gasteiger partial charge in [0.25, 0.3) is 5.89 Å². The largest absolute Gasteiger partial charge is 0.414 e. The molecule has 3 N–H and O–H groups in total. The van der Waals surface area contributed by atoms with Gasteiger partial charge in [-0.3, -0.25) is 0 Å². The van der Waals surface area contributed by atoms with Crippen LogP contribution in [0.4, 0.5) is 5.82 Å². The number of nitrogens with one attached hydrogen (secondary N) is 1. The van der Waals surface area contributed by atoms with Crippen LogP contribution >= 0.6 is 0 Å². The van der Waals surface area contributed by atoms with Crippen molar-refractivity contribution in [3.63, 3.8) is 0 Å². The molecule has 0 atom stereocenters. The predicted octanol–water partition coefficient (Wildman–Crippen LogP) is 3.65. The number of anilines is 1. The number of nitrogens with two attached hydrogens (primary N) is 1. The van der Waals surface area contributed by atoms with E-state index in [0.29, 0.717) is 11.6 Å². The van der Waals surface area contributed by atoms with E-state index >= 15 is 0 Å². The second-order valence-corrected chi connectivity index (χ2v) is 10.7. The van der Waals surface area contributed by atoms with Crippen molar-refractivity contribution in [1.82, 2.24) is 25.5 Å². The van der Waals surface area contributed by atoms with Crippen LogP contribution < -0.4 is 11.1 Å². The van der Waals surface area contributed by atoms with Crippen molar-refractivity contribution in [3.05, 3.63) is 59.8 Å². The molecule has 0 saturated carbocycles. The molecule has 2 aromatic heterocycles. The zero-order chi connectivity index (χ0) is 24.5. The molecule has 0 aliphatic rings. The molecular formula is C24H26N6O3S. The molecule has 0 aliphatic heterocycles. The molecule has 34 heavy (non-hydrogen) atoms. The van der Waals surface area contributed by atoms with Crippen molar-refractivity contribution in [2.45, 2.75) is 37.5 Å². The highest BCUT2D eigenvalue weighted by atomic mass is 32.2. The van der Waals surface area contributed by atoms with Crippen LogP contribution in [-0.4, -0.2) is 40.9 Å². The molecule has 0 bridgehead atoms. The predicted molar refractivity (Wildman–Crippen MR) is 130 cm³/mol. The lowest BCUT2D eigenvalue weighted by Gasteiger charge is -2.12. The Hall–Kier alpha value is -3.63. The molecule has 2 heterocycles.